The van der Waals surface area contributed by atoms with E-state index in [9.17, 15) is 10.1 Å². The number of rotatable bonds is 5. The summed E-state index contributed by atoms with van der Waals surface area (Å²) in [5.74, 6) is 0.884. The number of nitrogens with zero attached hydrogens (tertiary/aromatic N) is 5. The van der Waals surface area contributed by atoms with Crippen LogP contribution in [-0.2, 0) is 4.79 Å². The molecule has 0 radical (unpaired) electrons. The molecule has 2 aromatic rings. The number of hydrogen-bond donors (Lipinski definition) is 0. The lowest BCUT2D eigenvalue weighted by atomic mass is 10.0. The lowest BCUT2D eigenvalue weighted by Gasteiger charge is -2.38. The molecule has 0 saturated carbocycles. The van der Waals surface area contributed by atoms with Crippen molar-refractivity contribution in [1.82, 2.24) is 14.8 Å². The van der Waals surface area contributed by atoms with E-state index in [4.69, 9.17) is 4.74 Å². The molecule has 0 spiro atoms. The molecule has 7 heteroatoms. The molecule has 0 bridgehead atoms. The number of fused-ring (bicyclic) bond motifs is 1. The number of para-hydroxylation sites is 1. The van der Waals surface area contributed by atoms with Gasteiger partial charge in [0, 0.05) is 38.1 Å². The summed E-state index contributed by atoms with van der Waals surface area (Å²) in [6.07, 6.45) is 5.66. The predicted molar refractivity (Wildman–Crippen MR) is 117 cm³/mol. The molecule has 158 valence electrons. The van der Waals surface area contributed by atoms with E-state index >= 15 is 0 Å². The van der Waals surface area contributed by atoms with Gasteiger partial charge in [-0.3, -0.25) is 14.7 Å². The van der Waals surface area contributed by atoms with Gasteiger partial charge in [-0.15, -0.1) is 0 Å². The normalized spacial score (nSPS) is 20.3. The van der Waals surface area contributed by atoms with Crippen molar-refractivity contribution < 1.29 is 9.53 Å². The van der Waals surface area contributed by atoms with Crippen molar-refractivity contribution in [2.45, 2.75) is 37.8 Å². The molecule has 4 rings (SSSR count). The number of piperidine rings is 1. The first kappa shape index (κ1) is 20.4. The van der Waals surface area contributed by atoms with Gasteiger partial charge in [0.15, 0.2) is 0 Å². The van der Waals surface area contributed by atoms with E-state index < -0.39 is 0 Å². The van der Waals surface area contributed by atoms with Crippen LogP contribution in [0.2, 0.25) is 0 Å². The van der Waals surface area contributed by atoms with E-state index in [2.05, 4.69) is 40.0 Å². The minimum absolute atomic E-state index is 0.0959. The first-order valence-electron chi connectivity index (χ1n) is 10.7. The number of ether oxygens (including phenoxy) is 1. The van der Waals surface area contributed by atoms with Gasteiger partial charge in [0.1, 0.15) is 17.3 Å². The van der Waals surface area contributed by atoms with Gasteiger partial charge in [-0.25, -0.2) is 0 Å². The zero-order valence-electron chi connectivity index (χ0n) is 17.8. The van der Waals surface area contributed by atoms with Crippen molar-refractivity contribution in [3.05, 3.63) is 30.5 Å². The first-order chi connectivity index (χ1) is 14.6. The Balaban J connectivity index is 1.35. The van der Waals surface area contributed by atoms with Crippen LogP contribution in [0.1, 0.15) is 25.7 Å². The van der Waals surface area contributed by atoms with E-state index in [0.717, 1.165) is 67.7 Å². The van der Waals surface area contributed by atoms with Crippen LogP contribution in [0.4, 0.5) is 5.69 Å². The number of aromatic nitrogens is 1. The average molecular weight is 408 g/mol. The van der Waals surface area contributed by atoms with E-state index in [1.165, 1.54) is 0 Å². The van der Waals surface area contributed by atoms with Crippen LogP contribution in [0.15, 0.2) is 30.5 Å². The van der Waals surface area contributed by atoms with Crippen molar-refractivity contribution in [3.63, 3.8) is 0 Å². The highest BCUT2D eigenvalue weighted by Crippen LogP contribution is 2.28. The topological polar surface area (TPSA) is 72.7 Å². The Morgan fingerprint density at radius 1 is 1.30 bits per heavy atom. The number of methoxy groups -OCH3 is 1. The fraction of sp³-hybridized carbons (Fsp3) is 0.522. The summed E-state index contributed by atoms with van der Waals surface area (Å²) in [4.78, 5) is 23.5. The molecule has 2 fully saturated rings. The number of likely N-dealkylation sites (tertiary alicyclic amines) is 2. The van der Waals surface area contributed by atoms with Crippen LogP contribution in [0, 0.1) is 11.3 Å². The lowest BCUT2D eigenvalue weighted by Crippen LogP contribution is -2.48. The molecular weight excluding hydrogens is 378 g/mol. The molecule has 2 aliphatic heterocycles. The fourth-order valence-electron chi connectivity index (χ4n) is 4.64. The molecule has 7 nitrogen and oxygen atoms in total. The summed E-state index contributed by atoms with van der Waals surface area (Å²) in [7, 11) is 3.79. The maximum atomic E-state index is 12.6. The van der Waals surface area contributed by atoms with Crippen LogP contribution in [0.5, 0.6) is 5.75 Å². The van der Waals surface area contributed by atoms with Gasteiger partial charge in [0.2, 0.25) is 5.91 Å². The van der Waals surface area contributed by atoms with Crippen molar-refractivity contribution in [2.75, 3.05) is 45.2 Å². The monoisotopic (exact) mass is 407 g/mol. The largest absolute Gasteiger partial charge is 0.494 e. The maximum Gasteiger partial charge on any atom is 0.237 e. The fourth-order valence-corrected chi connectivity index (χ4v) is 4.64. The van der Waals surface area contributed by atoms with Gasteiger partial charge in [-0.05, 0) is 37.8 Å². The Bertz CT molecular complexity index is 948. The van der Waals surface area contributed by atoms with E-state index in [1.54, 1.807) is 12.0 Å². The maximum absolute atomic E-state index is 12.6. The van der Waals surface area contributed by atoms with Crippen LogP contribution in [-0.4, -0.2) is 73.1 Å². The van der Waals surface area contributed by atoms with Gasteiger partial charge in [-0.1, -0.05) is 12.1 Å². The predicted octanol–water partition coefficient (Wildman–Crippen LogP) is 2.66. The second-order valence-electron chi connectivity index (χ2n) is 8.22. The number of nitriles is 1. The first-order valence-corrected chi connectivity index (χ1v) is 10.7. The molecule has 30 heavy (non-hydrogen) atoms. The van der Waals surface area contributed by atoms with Crippen molar-refractivity contribution >= 4 is 22.5 Å². The molecule has 1 amide bonds. The molecule has 0 aliphatic carbocycles. The number of benzene rings is 1. The highest BCUT2D eigenvalue weighted by molar-refractivity contribution is 5.87. The van der Waals surface area contributed by atoms with Crippen molar-refractivity contribution in [3.8, 4) is 11.8 Å². The summed E-state index contributed by atoms with van der Waals surface area (Å²) in [6.45, 7) is 2.92. The van der Waals surface area contributed by atoms with E-state index in [1.807, 2.05) is 18.3 Å². The zero-order valence-corrected chi connectivity index (χ0v) is 17.8. The van der Waals surface area contributed by atoms with E-state index in [0.29, 0.717) is 12.6 Å². The summed E-state index contributed by atoms with van der Waals surface area (Å²) in [6, 6.07) is 10.6. The van der Waals surface area contributed by atoms with E-state index in [-0.39, 0.29) is 11.9 Å². The Kier molecular flexibility index (Phi) is 6.05. The summed E-state index contributed by atoms with van der Waals surface area (Å²) >= 11 is 0. The highest BCUT2D eigenvalue weighted by Gasteiger charge is 2.31. The van der Waals surface area contributed by atoms with Gasteiger partial charge in [-0.2, -0.15) is 5.26 Å². The van der Waals surface area contributed by atoms with Crippen molar-refractivity contribution in [1.29, 1.82) is 5.26 Å². The molecule has 1 aromatic heterocycles. The molecule has 3 heterocycles. The Morgan fingerprint density at radius 3 is 2.83 bits per heavy atom. The molecule has 1 atom stereocenters. The van der Waals surface area contributed by atoms with Crippen LogP contribution >= 0.6 is 0 Å². The van der Waals surface area contributed by atoms with Crippen molar-refractivity contribution in [2.24, 2.45) is 0 Å². The number of anilines is 1. The van der Waals surface area contributed by atoms with Gasteiger partial charge >= 0.3 is 0 Å². The third-order valence-corrected chi connectivity index (χ3v) is 6.47. The molecular formula is C23H29N5O2. The third kappa shape index (κ3) is 4.05. The standard InChI is InChI=1S/C23H29N5O2/c1-26(20-13-17-5-3-7-21(30-2)23(17)25-15-20)18-8-11-27(12-9-18)16-22(29)28-10-4-6-19(28)14-24/h3,5,7,13,15,18-19H,4,6,8-12,16H2,1-2H3/t19-/m0/s1. The number of carbonyl (C=O) groups excluding carboxylic acids is 1. The van der Waals surface area contributed by atoms with Gasteiger partial charge in [0.25, 0.3) is 0 Å². The smallest absolute Gasteiger partial charge is 0.237 e. The third-order valence-electron chi connectivity index (χ3n) is 6.47. The molecule has 0 unspecified atom stereocenters. The Hall–Kier alpha value is -2.85. The SMILES string of the molecule is COc1cccc2cc(N(C)C3CCN(CC(=O)N4CCC[C@H]4C#N)CC3)cnc12. The van der Waals surface area contributed by atoms with Gasteiger partial charge in [0.05, 0.1) is 31.6 Å². The quantitative estimate of drug-likeness (QED) is 0.759. The summed E-state index contributed by atoms with van der Waals surface area (Å²) < 4.78 is 5.41. The average Bonchev–Trinajstić information content (AvgIpc) is 3.27. The second-order valence-corrected chi connectivity index (χ2v) is 8.22. The second kappa shape index (κ2) is 8.88. The summed E-state index contributed by atoms with van der Waals surface area (Å²) in [5.41, 5.74) is 1.97. The summed E-state index contributed by atoms with van der Waals surface area (Å²) in [5, 5.41) is 10.3. The minimum Gasteiger partial charge on any atom is -0.494 e. The van der Waals surface area contributed by atoms with Crippen LogP contribution in [0.25, 0.3) is 10.9 Å². The number of amides is 1. The zero-order chi connectivity index (χ0) is 21.1. The number of pyridine rings is 1. The highest BCUT2D eigenvalue weighted by atomic mass is 16.5. The number of carbonyl (C=O) groups is 1. The Labute approximate surface area is 177 Å². The minimum atomic E-state index is -0.236. The molecule has 2 saturated heterocycles. The molecule has 0 N–H and O–H groups in total. The van der Waals surface area contributed by atoms with Gasteiger partial charge < -0.3 is 14.5 Å². The van der Waals surface area contributed by atoms with Crippen LogP contribution in [0.3, 0.4) is 0 Å². The Morgan fingerprint density at radius 2 is 2.10 bits per heavy atom. The van der Waals surface area contributed by atoms with Crippen LogP contribution < -0.4 is 9.64 Å². The molecule has 1 aromatic carbocycles. The number of hydrogen-bond acceptors (Lipinski definition) is 6. The molecule has 2 aliphatic rings. The lowest BCUT2D eigenvalue weighted by molar-refractivity contribution is -0.132.